The highest BCUT2D eigenvalue weighted by molar-refractivity contribution is 9.10. The van der Waals surface area contributed by atoms with Gasteiger partial charge in [0.15, 0.2) is 5.11 Å². The Bertz CT molecular complexity index is 540. The molecule has 2 rings (SSSR count). The van der Waals surface area contributed by atoms with E-state index in [-0.39, 0.29) is 0 Å². The van der Waals surface area contributed by atoms with E-state index in [1.807, 2.05) is 24.3 Å². The normalized spacial score (nSPS) is 10.2. The molecule has 0 saturated carbocycles. The molecule has 0 atom stereocenters. The van der Waals surface area contributed by atoms with Gasteiger partial charge in [-0.15, -0.1) is 11.3 Å². The van der Waals surface area contributed by atoms with Crippen molar-refractivity contribution in [3.63, 3.8) is 0 Å². The van der Waals surface area contributed by atoms with Crippen LogP contribution in [0.3, 0.4) is 0 Å². The molecule has 100 valence electrons. The van der Waals surface area contributed by atoms with Crippen molar-refractivity contribution >= 4 is 50.3 Å². The van der Waals surface area contributed by atoms with Gasteiger partial charge in [-0.3, -0.25) is 0 Å². The van der Waals surface area contributed by atoms with Crippen LogP contribution in [0.5, 0.6) is 0 Å². The van der Waals surface area contributed by atoms with Gasteiger partial charge in [-0.25, -0.2) is 0 Å². The van der Waals surface area contributed by atoms with Crippen molar-refractivity contribution in [2.75, 3.05) is 11.9 Å². The van der Waals surface area contributed by atoms with Crippen molar-refractivity contribution in [3.05, 3.63) is 51.1 Å². The Hall–Kier alpha value is -0.910. The van der Waals surface area contributed by atoms with E-state index in [9.17, 15) is 0 Å². The molecule has 0 radical (unpaired) electrons. The summed E-state index contributed by atoms with van der Waals surface area (Å²) in [5, 5.41) is 6.13. The maximum atomic E-state index is 5.48. The zero-order valence-corrected chi connectivity index (χ0v) is 13.8. The fourth-order valence-electron chi connectivity index (χ4n) is 1.69. The molecule has 0 saturated heterocycles. The average molecular weight is 355 g/mol. The number of anilines is 1. The molecule has 1 heterocycles. The van der Waals surface area contributed by atoms with Gasteiger partial charge in [-0.2, -0.15) is 0 Å². The van der Waals surface area contributed by atoms with Crippen molar-refractivity contribution in [2.24, 2.45) is 0 Å². The van der Waals surface area contributed by atoms with E-state index in [4.69, 9.17) is 12.2 Å². The zero-order chi connectivity index (χ0) is 13.7. The second kappa shape index (κ2) is 7.03. The van der Waals surface area contributed by atoms with E-state index in [2.05, 4.69) is 50.6 Å². The number of hydrogen-bond donors (Lipinski definition) is 1. The quantitative estimate of drug-likeness (QED) is 0.799. The molecule has 0 spiro atoms. The Balaban J connectivity index is 2.00. The van der Waals surface area contributed by atoms with Crippen molar-refractivity contribution in [1.29, 1.82) is 0 Å². The van der Waals surface area contributed by atoms with Gasteiger partial charge in [0.05, 0.1) is 6.54 Å². The fraction of sp³-hybridized carbons (Fsp3) is 0.214. The molecule has 0 aliphatic heterocycles. The highest BCUT2D eigenvalue weighted by atomic mass is 79.9. The summed E-state index contributed by atoms with van der Waals surface area (Å²) in [5.41, 5.74) is 1.00. The number of hydrogen-bond acceptors (Lipinski definition) is 2. The van der Waals surface area contributed by atoms with Gasteiger partial charge >= 0.3 is 0 Å². The molecule has 2 aromatic rings. The number of benzene rings is 1. The van der Waals surface area contributed by atoms with Crippen molar-refractivity contribution < 1.29 is 0 Å². The molecule has 0 bridgehead atoms. The summed E-state index contributed by atoms with van der Waals surface area (Å²) in [6.45, 7) is 3.86. The molecule has 1 aromatic carbocycles. The fourth-order valence-corrected chi connectivity index (χ4v) is 3.12. The first-order valence-electron chi connectivity index (χ1n) is 6.03. The van der Waals surface area contributed by atoms with Gasteiger partial charge in [0.2, 0.25) is 0 Å². The molecule has 19 heavy (non-hydrogen) atoms. The molecule has 0 amide bonds. The summed E-state index contributed by atoms with van der Waals surface area (Å²) in [5.74, 6) is 0. The standard InChI is InChI=1S/C14H15BrN2S2/c1-2-17(10-13-7-4-8-19-13)14(18)16-12-6-3-5-11(15)9-12/h3-9H,2,10H2,1H3,(H,16,18). The van der Waals surface area contributed by atoms with Gasteiger partial charge in [0.25, 0.3) is 0 Å². The highest BCUT2D eigenvalue weighted by Crippen LogP contribution is 2.17. The molecule has 0 fully saturated rings. The third kappa shape index (κ3) is 4.30. The van der Waals surface area contributed by atoms with Gasteiger partial charge in [-0.05, 0) is 48.8 Å². The third-order valence-corrected chi connectivity index (χ3v) is 4.39. The van der Waals surface area contributed by atoms with Gasteiger partial charge in [0.1, 0.15) is 0 Å². The van der Waals surface area contributed by atoms with Gasteiger partial charge in [0, 0.05) is 21.6 Å². The first-order valence-corrected chi connectivity index (χ1v) is 8.11. The first-order chi connectivity index (χ1) is 9.19. The number of nitrogens with one attached hydrogen (secondary N) is 1. The maximum Gasteiger partial charge on any atom is 0.173 e. The topological polar surface area (TPSA) is 15.3 Å². The summed E-state index contributed by atoms with van der Waals surface area (Å²) in [7, 11) is 0. The predicted molar refractivity (Wildman–Crippen MR) is 90.8 cm³/mol. The van der Waals surface area contributed by atoms with E-state index in [1.54, 1.807) is 11.3 Å². The summed E-state index contributed by atoms with van der Waals surface area (Å²) in [4.78, 5) is 3.47. The van der Waals surface area contributed by atoms with E-state index in [0.717, 1.165) is 28.4 Å². The number of rotatable bonds is 4. The summed E-state index contributed by atoms with van der Waals surface area (Å²) >= 11 is 10.7. The predicted octanol–water partition coefficient (Wildman–Crippen LogP) is 4.73. The van der Waals surface area contributed by atoms with Gasteiger partial charge in [-0.1, -0.05) is 28.1 Å². The van der Waals surface area contributed by atoms with Crippen LogP contribution in [0, 0.1) is 0 Å². The van der Waals surface area contributed by atoms with Gasteiger partial charge < -0.3 is 10.2 Å². The van der Waals surface area contributed by atoms with Crippen LogP contribution in [0.4, 0.5) is 5.69 Å². The van der Waals surface area contributed by atoms with Crippen LogP contribution >= 0.6 is 39.5 Å². The lowest BCUT2D eigenvalue weighted by molar-refractivity contribution is 0.446. The molecular formula is C14H15BrN2S2. The second-order valence-corrected chi connectivity index (χ2v) is 6.37. The Labute approximate surface area is 131 Å². The molecule has 2 nitrogen and oxygen atoms in total. The molecule has 1 N–H and O–H groups in total. The molecule has 0 unspecified atom stereocenters. The van der Waals surface area contributed by atoms with Crippen LogP contribution in [0.25, 0.3) is 0 Å². The van der Waals surface area contributed by atoms with Crippen LogP contribution in [0.15, 0.2) is 46.3 Å². The summed E-state index contributed by atoms with van der Waals surface area (Å²) < 4.78 is 1.04. The third-order valence-electron chi connectivity index (χ3n) is 2.67. The number of thiocarbonyl (C=S) groups is 1. The minimum atomic E-state index is 0.758. The smallest absolute Gasteiger partial charge is 0.173 e. The molecule has 5 heteroatoms. The van der Waals surface area contributed by atoms with Crippen LogP contribution in [0.2, 0.25) is 0 Å². The Morgan fingerprint density at radius 1 is 1.37 bits per heavy atom. The second-order valence-electron chi connectivity index (χ2n) is 4.03. The number of nitrogens with zero attached hydrogens (tertiary/aromatic N) is 1. The summed E-state index contributed by atoms with van der Waals surface area (Å²) in [6.07, 6.45) is 0. The van der Waals surface area contributed by atoms with E-state index in [0.29, 0.717) is 0 Å². The SMILES string of the molecule is CCN(Cc1cccs1)C(=S)Nc1cccc(Br)c1. The van der Waals surface area contributed by atoms with Crippen molar-refractivity contribution in [3.8, 4) is 0 Å². The summed E-state index contributed by atoms with van der Waals surface area (Å²) in [6, 6.07) is 12.2. The minimum Gasteiger partial charge on any atom is -0.344 e. The Morgan fingerprint density at radius 2 is 2.21 bits per heavy atom. The van der Waals surface area contributed by atoms with Crippen LogP contribution in [-0.4, -0.2) is 16.6 Å². The van der Waals surface area contributed by atoms with Crippen LogP contribution in [0.1, 0.15) is 11.8 Å². The first kappa shape index (κ1) is 14.5. The Morgan fingerprint density at radius 3 is 2.84 bits per heavy atom. The van der Waals surface area contributed by atoms with Crippen LogP contribution < -0.4 is 5.32 Å². The molecule has 0 aliphatic carbocycles. The zero-order valence-electron chi connectivity index (χ0n) is 10.6. The lowest BCUT2D eigenvalue weighted by Crippen LogP contribution is -2.33. The largest absolute Gasteiger partial charge is 0.344 e. The molecular weight excluding hydrogens is 340 g/mol. The average Bonchev–Trinajstić information content (AvgIpc) is 2.88. The monoisotopic (exact) mass is 354 g/mol. The molecule has 0 aliphatic rings. The Kier molecular flexibility index (Phi) is 5.36. The molecule has 1 aromatic heterocycles. The van der Waals surface area contributed by atoms with Crippen molar-refractivity contribution in [1.82, 2.24) is 4.90 Å². The van der Waals surface area contributed by atoms with Crippen molar-refractivity contribution in [2.45, 2.75) is 13.5 Å². The maximum absolute atomic E-state index is 5.48. The van der Waals surface area contributed by atoms with Crippen LogP contribution in [-0.2, 0) is 6.54 Å². The lowest BCUT2D eigenvalue weighted by Gasteiger charge is -2.23. The highest BCUT2D eigenvalue weighted by Gasteiger charge is 2.09. The minimum absolute atomic E-state index is 0.758. The number of thiophene rings is 1. The number of halogens is 1. The lowest BCUT2D eigenvalue weighted by atomic mass is 10.3. The van der Waals surface area contributed by atoms with E-state index < -0.39 is 0 Å². The van der Waals surface area contributed by atoms with E-state index in [1.165, 1.54) is 4.88 Å². The van der Waals surface area contributed by atoms with E-state index >= 15 is 0 Å².